The summed E-state index contributed by atoms with van der Waals surface area (Å²) in [5.41, 5.74) is 1.03. The van der Waals surface area contributed by atoms with Gasteiger partial charge in [0.2, 0.25) is 0 Å². The second-order valence-electron chi connectivity index (χ2n) is 4.79. The summed E-state index contributed by atoms with van der Waals surface area (Å²) < 4.78 is 10.5. The van der Waals surface area contributed by atoms with Gasteiger partial charge in [-0.1, -0.05) is 13.8 Å². The average Bonchev–Trinajstić information content (AvgIpc) is 2.42. The van der Waals surface area contributed by atoms with E-state index in [1.807, 2.05) is 18.2 Å². The molecule has 19 heavy (non-hydrogen) atoms. The molecule has 1 aromatic rings. The van der Waals surface area contributed by atoms with Crippen LogP contribution in [-0.4, -0.2) is 20.8 Å². The number of hydrogen-bond acceptors (Lipinski definition) is 4. The molecule has 1 unspecified atom stereocenters. The molecular formula is C15H22N2O2. The number of rotatable bonds is 7. The Morgan fingerprint density at radius 2 is 2.00 bits per heavy atom. The van der Waals surface area contributed by atoms with Crippen molar-refractivity contribution in [2.75, 3.05) is 20.8 Å². The lowest BCUT2D eigenvalue weighted by Crippen LogP contribution is -2.25. The molecule has 0 aliphatic rings. The van der Waals surface area contributed by atoms with Crippen molar-refractivity contribution in [2.45, 2.75) is 20.4 Å². The average molecular weight is 262 g/mol. The van der Waals surface area contributed by atoms with Crippen molar-refractivity contribution < 1.29 is 9.47 Å². The Labute approximate surface area is 115 Å². The summed E-state index contributed by atoms with van der Waals surface area (Å²) in [5, 5.41) is 12.3. The largest absolute Gasteiger partial charge is 0.497 e. The number of nitriles is 1. The van der Waals surface area contributed by atoms with Gasteiger partial charge in [0.25, 0.3) is 0 Å². The molecule has 0 fully saturated rings. The van der Waals surface area contributed by atoms with Crippen molar-refractivity contribution >= 4 is 0 Å². The first-order valence-corrected chi connectivity index (χ1v) is 6.43. The predicted octanol–water partition coefficient (Wildman–Crippen LogP) is 2.59. The van der Waals surface area contributed by atoms with Crippen LogP contribution < -0.4 is 14.8 Å². The molecular weight excluding hydrogens is 240 g/mol. The minimum Gasteiger partial charge on any atom is -0.497 e. The van der Waals surface area contributed by atoms with Gasteiger partial charge in [-0.15, -0.1) is 0 Å². The van der Waals surface area contributed by atoms with Crippen LogP contribution in [0.3, 0.4) is 0 Å². The maximum Gasteiger partial charge on any atom is 0.123 e. The summed E-state index contributed by atoms with van der Waals surface area (Å²) in [6.07, 6.45) is 0. The number of methoxy groups -OCH3 is 2. The fourth-order valence-electron chi connectivity index (χ4n) is 1.81. The van der Waals surface area contributed by atoms with Crippen LogP contribution in [0.1, 0.15) is 19.4 Å². The first kappa shape index (κ1) is 15.3. The highest BCUT2D eigenvalue weighted by Crippen LogP contribution is 2.23. The highest BCUT2D eigenvalue weighted by molar-refractivity contribution is 5.40. The van der Waals surface area contributed by atoms with E-state index in [-0.39, 0.29) is 5.92 Å². The molecule has 1 rings (SSSR count). The van der Waals surface area contributed by atoms with Crippen molar-refractivity contribution in [3.8, 4) is 17.6 Å². The van der Waals surface area contributed by atoms with Gasteiger partial charge in [-0.05, 0) is 24.1 Å². The van der Waals surface area contributed by atoms with Crippen LogP contribution in [0.4, 0.5) is 0 Å². The van der Waals surface area contributed by atoms with Gasteiger partial charge >= 0.3 is 0 Å². The van der Waals surface area contributed by atoms with Gasteiger partial charge in [0, 0.05) is 18.7 Å². The predicted molar refractivity (Wildman–Crippen MR) is 75.2 cm³/mol. The zero-order valence-electron chi connectivity index (χ0n) is 12.1. The van der Waals surface area contributed by atoms with Crippen LogP contribution in [0, 0.1) is 23.2 Å². The Morgan fingerprint density at radius 1 is 1.26 bits per heavy atom. The van der Waals surface area contributed by atoms with Crippen LogP contribution in [0.2, 0.25) is 0 Å². The molecule has 0 bridgehead atoms. The summed E-state index contributed by atoms with van der Waals surface area (Å²) in [5.74, 6) is 2.01. The molecule has 1 aromatic carbocycles. The molecule has 0 saturated heterocycles. The van der Waals surface area contributed by atoms with Crippen LogP contribution >= 0.6 is 0 Å². The van der Waals surface area contributed by atoms with E-state index in [9.17, 15) is 0 Å². The summed E-state index contributed by atoms with van der Waals surface area (Å²) in [6, 6.07) is 8.03. The highest BCUT2D eigenvalue weighted by atomic mass is 16.5. The van der Waals surface area contributed by atoms with Crippen LogP contribution in [-0.2, 0) is 6.54 Å². The molecule has 0 heterocycles. The van der Waals surface area contributed by atoms with Crippen molar-refractivity contribution in [2.24, 2.45) is 11.8 Å². The monoisotopic (exact) mass is 262 g/mol. The van der Waals surface area contributed by atoms with E-state index in [1.54, 1.807) is 14.2 Å². The minimum atomic E-state index is 0.0246. The van der Waals surface area contributed by atoms with Gasteiger partial charge in [-0.25, -0.2) is 0 Å². The van der Waals surface area contributed by atoms with Gasteiger partial charge < -0.3 is 14.8 Å². The highest BCUT2D eigenvalue weighted by Gasteiger charge is 2.12. The summed E-state index contributed by atoms with van der Waals surface area (Å²) in [4.78, 5) is 0. The first-order valence-electron chi connectivity index (χ1n) is 6.43. The van der Waals surface area contributed by atoms with Crippen molar-refractivity contribution in [1.29, 1.82) is 5.26 Å². The van der Waals surface area contributed by atoms with Crippen LogP contribution in [0.5, 0.6) is 11.5 Å². The molecule has 4 nitrogen and oxygen atoms in total. The van der Waals surface area contributed by atoms with E-state index < -0.39 is 0 Å². The van der Waals surface area contributed by atoms with E-state index in [1.165, 1.54) is 0 Å². The molecule has 0 aromatic heterocycles. The van der Waals surface area contributed by atoms with E-state index in [0.29, 0.717) is 19.0 Å². The quantitative estimate of drug-likeness (QED) is 0.820. The van der Waals surface area contributed by atoms with Crippen molar-refractivity contribution in [3.63, 3.8) is 0 Å². The lowest BCUT2D eigenvalue weighted by Gasteiger charge is -2.15. The lowest BCUT2D eigenvalue weighted by atomic mass is 9.97. The van der Waals surface area contributed by atoms with Gasteiger partial charge in [0.15, 0.2) is 0 Å². The molecule has 0 radical (unpaired) electrons. The third kappa shape index (κ3) is 4.46. The van der Waals surface area contributed by atoms with E-state index in [0.717, 1.165) is 17.1 Å². The summed E-state index contributed by atoms with van der Waals surface area (Å²) in [7, 11) is 3.29. The minimum absolute atomic E-state index is 0.0246. The fraction of sp³-hybridized carbons (Fsp3) is 0.533. The maximum absolute atomic E-state index is 9.04. The smallest absolute Gasteiger partial charge is 0.123 e. The van der Waals surface area contributed by atoms with E-state index in [4.69, 9.17) is 14.7 Å². The molecule has 0 aliphatic carbocycles. The fourth-order valence-corrected chi connectivity index (χ4v) is 1.81. The molecule has 104 valence electrons. The van der Waals surface area contributed by atoms with E-state index in [2.05, 4.69) is 25.2 Å². The Kier molecular flexibility index (Phi) is 6.17. The molecule has 1 N–H and O–H groups in total. The Morgan fingerprint density at radius 3 is 2.53 bits per heavy atom. The van der Waals surface area contributed by atoms with Gasteiger partial charge in [0.05, 0.1) is 26.2 Å². The second kappa shape index (κ2) is 7.65. The number of nitrogens with zero attached hydrogens (tertiary/aromatic N) is 1. The second-order valence-corrected chi connectivity index (χ2v) is 4.79. The molecule has 0 amide bonds. The SMILES string of the molecule is COc1ccc(OC)c(CNCC(C#N)C(C)C)c1. The van der Waals surface area contributed by atoms with Crippen LogP contribution in [0.15, 0.2) is 18.2 Å². The third-order valence-electron chi connectivity index (χ3n) is 3.14. The molecule has 0 aliphatic heterocycles. The topological polar surface area (TPSA) is 54.3 Å². The zero-order chi connectivity index (χ0) is 14.3. The van der Waals surface area contributed by atoms with E-state index >= 15 is 0 Å². The Bertz CT molecular complexity index is 438. The normalized spacial score (nSPS) is 12.0. The van der Waals surface area contributed by atoms with Crippen molar-refractivity contribution in [1.82, 2.24) is 5.32 Å². The Balaban J connectivity index is 2.64. The number of benzene rings is 1. The van der Waals surface area contributed by atoms with Gasteiger partial charge in [0.1, 0.15) is 11.5 Å². The molecule has 4 heteroatoms. The van der Waals surface area contributed by atoms with Gasteiger partial charge in [-0.2, -0.15) is 5.26 Å². The van der Waals surface area contributed by atoms with Crippen molar-refractivity contribution in [3.05, 3.63) is 23.8 Å². The summed E-state index contributed by atoms with van der Waals surface area (Å²) in [6.45, 7) is 5.45. The first-order chi connectivity index (χ1) is 9.12. The third-order valence-corrected chi connectivity index (χ3v) is 3.14. The zero-order valence-corrected chi connectivity index (χ0v) is 12.1. The standard InChI is InChI=1S/C15H22N2O2/c1-11(2)13(8-16)10-17-9-12-7-14(18-3)5-6-15(12)19-4/h5-7,11,13,17H,9-10H2,1-4H3. The van der Waals surface area contributed by atoms with Gasteiger partial charge in [-0.3, -0.25) is 0 Å². The lowest BCUT2D eigenvalue weighted by molar-refractivity contribution is 0.393. The molecule has 1 atom stereocenters. The Hall–Kier alpha value is -1.73. The number of nitrogens with one attached hydrogen (secondary N) is 1. The molecule has 0 spiro atoms. The number of hydrogen-bond donors (Lipinski definition) is 1. The number of ether oxygens (including phenoxy) is 2. The molecule has 0 saturated carbocycles. The summed E-state index contributed by atoms with van der Waals surface area (Å²) >= 11 is 0. The van der Waals surface area contributed by atoms with Crippen LogP contribution in [0.25, 0.3) is 0 Å². The maximum atomic E-state index is 9.04.